The van der Waals surface area contributed by atoms with Crippen LogP contribution in [0, 0.1) is 12.7 Å². The van der Waals surface area contributed by atoms with E-state index in [2.05, 4.69) is 0 Å². The van der Waals surface area contributed by atoms with Crippen molar-refractivity contribution < 1.29 is 23.8 Å². The average molecular weight is 210 g/mol. The van der Waals surface area contributed by atoms with Gasteiger partial charge < -0.3 is 14.6 Å². The molecule has 0 unspecified atom stereocenters. The molecule has 0 spiro atoms. The summed E-state index contributed by atoms with van der Waals surface area (Å²) in [6, 6.07) is 2.41. The molecule has 0 fully saturated rings. The van der Waals surface area contributed by atoms with Gasteiger partial charge in [0.2, 0.25) is 5.82 Å². The van der Waals surface area contributed by atoms with E-state index in [0.717, 1.165) is 6.07 Å². The van der Waals surface area contributed by atoms with Crippen LogP contribution in [0.2, 0.25) is 0 Å². The van der Waals surface area contributed by atoms with E-state index >= 15 is 0 Å². The SMILES string of the molecule is Cc1oc2c(F)c(O)ccc2c1C(=O)O. The second-order valence-electron chi connectivity index (χ2n) is 3.11. The van der Waals surface area contributed by atoms with Crippen LogP contribution in [-0.4, -0.2) is 16.2 Å². The molecule has 0 saturated heterocycles. The first-order chi connectivity index (χ1) is 7.02. The lowest BCUT2D eigenvalue weighted by atomic mass is 10.1. The van der Waals surface area contributed by atoms with Crippen LogP contribution in [-0.2, 0) is 0 Å². The van der Waals surface area contributed by atoms with E-state index in [9.17, 15) is 9.18 Å². The van der Waals surface area contributed by atoms with Gasteiger partial charge >= 0.3 is 5.97 Å². The number of phenolic OH excluding ortho intramolecular Hbond substituents is 1. The highest BCUT2D eigenvalue weighted by Crippen LogP contribution is 2.31. The summed E-state index contributed by atoms with van der Waals surface area (Å²) in [5, 5.41) is 18.1. The third-order valence-electron chi connectivity index (χ3n) is 2.17. The smallest absolute Gasteiger partial charge is 0.339 e. The number of carboxylic acid groups (broad SMARTS) is 1. The second-order valence-corrected chi connectivity index (χ2v) is 3.11. The lowest BCUT2D eigenvalue weighted by Crippen LogP contribution is -1.96. The van der Waals surface area contributed by atoms with E-state index < -0.39 is 17.5 Å². The molecule has 2 rings (SSSR count). The average Bonchev–Trinajstić information content (AvgIpc) is 2.49. The Balaban J connectivity index is 2.91. The Kier molecular flexibility index (Phi) is 1.89. The van der Waals surface area contributed by atoms with Gasteiger partial charge in [0.05, 0.1) is 0 Å². The van der Waals surface area contributed by atoms with E-state index in [1.807, 2.05) is 0 Å². The number of fused-ring (bicyclic) bond motifs is 1. The molecule has 0 saturated carbocycles. The van der Waals surface area contributed by atoms with Crippen LogP contribution < -0.4 is 0 Å². The maximum Gasteiger partial charge on any atom is 0.339 e. The van der Waals surface area contributed by atoms with Crippen molar-refractivity contribution >= 4 is 16.9 Å². The number of rotatable bonds is 1. The molecule has 0 amide bonds. The molecule has 1 aromatic heterocycles. The van der Waals surface area contributed by atoms with Gasteiger partial charge in [-0.25, -0.2) is 4.79 Å². The fourth-order valence-corrected chi connectivity index (χ4v) is 1.50. The number of furan rings is 1. The number of halogens is 1. The fraction of sp³-hybridized carbons (Fsp3) is 0.100. The number of hydrogen-bond acceptors (Lipinski definition) is 3. The predicted octanol–water partition coefficient (Wildman–Crippen LogP) is 2.28. The minimum absolute atomic E-state index is 0.0797. The van der Waals surface area contributed by atoms with Gasteiger partial charge in [-0.05, 0) is 19.1 Å². The number of aromatic carboxylic acids is 1. The molecule has 0 radical (unpaired) electrons. The summed E-state index contributed by atoms with van der Waals surface area (Å²) < 4.78 is 18.3. The molecular weight excluding hydrogens is 203 g/mol. The van der Waals surface area contributed by atoms with E-state index in [1.165, 1.54) is 13.0 Å². The Morgan fingerprint density at radius 2 is 2.13 bits per heavy atom. The van der Waals surface area contributed by atoms with E-state index in [4.69, 9.17) is 14.6 Å². The van der Waals surface area contributed by atoms with Crippen molar-refractivity contribution in [2.45, 2.75) is 6.92 Å². The Labute approximate surface area is 83.6 Å². The van der Waals surface area contributed by atoms with Crippen molar-refractivity contribution in [3.05, 3.63) is 29.3 Å². The number of carbonyl (C=O) groups is 1. The molecular formula is C10H7FO4. The second kappa shape index (κ2) is 2.98. The van der Waals surface area contributed by atoms with Crippen molar-refractivity contribution in [3.8, 4) is 5.75 Å². The number of benzene rings is 1. The lowest BCUT2D eigenvalue weighted by molar-refractivity contribution is 0.0697. The van der Waals surface area contributed by atoms with Crippen LogP contribution in [0.15, 0.2) is 16.5 Å². The fourth-order valence-electron chi connectivity index (χ4n) is 1.50. The molecule has 1 heterocycles. The Morgan fingerprint density at radius 3 is 2.73 bits per heavy atom. The zero-order valence-corrected chi connectivity index (χ0v) is 7.74. The van der Waals surface area contributed by atoms with E-state index in [0.29, 0.717) is 0 Å². The minimum Gasteiger partial charge on any atom is -0.505 e. The maximum absolute atomic E-state index is 13.3. The summed E-state index contributed by atoms with van der Waals surface area (Å²) in [7, 11) is 0. The van der Waals surface area contributed by atoms with Crippen molar-refractivity contribution in [3.63, 3.8) is 0 Å². The summed E-state index contributed by atoms with van der Waals surface area (Å²) in [5.41, 5.74) is -0.311. The summed E-state index contributed by atoms with van der Waals surface area (Å²) in [6.45, 7) is 1.43. The molecule has 1 aromatic carbocycles. The van der Waals surface area contributed by atoms with Gasteiger partial charge in [0, 0.05) is 5.39 Å². The van der Waals surface area contributed by atoms with Gasteiger partial charge in [-0.15, -0.1) is 0 Å². The molecule has 0 aliphatic carbocycles. The largest absolute Gasteiger partial charge is 0.505 e. The van der Waals surface area contributed by atoms with Crippen LogP contribution in [0.3, 0.4) is 0 Å². The molecule has 15 heavy (non-hydrogen) atoms. The topological polar surface area (TPSA) is 70.7 Å². The zero-order chi connectivity index (χ0) is 11.2. The molecule has 4 nitrogen and oxygen atoms in total. The van der Waals surface area contributed by atoms with Gasteiger partial charge in [-0.1, -0.05) is 0 Å². The molecule has 2 aromatic rings. The molecule has 0 bridgehead atoms. The quantitative estimate of drug-likeness (QED) is 0.757. The number of carboxylic acids is 1. The highest BCUT2D eigenvalue weighted by atomic mass is 19.1. The number of phenols is 1. The summed E-state index contributed by atoms with van der Waals surface area (Å²) in [6.07, 6.45) is 0. The van der Waals surface area contributed by atoms with Crippen LogP contribution >= 0.6 is 0 Å². The minimum atomic E-state index is -1.18. The zero-order valence-electron chi connectivity index (χ0n) is 7.74. The first kappa shape index (κ1) is 9.51. The first-order valence-electron chi connectivity index (χ1n) is 4.16. The summed E-state index contributed by atoms with van der Waals surface area (Å²) in [4.78, 5) is 10.8. The molecule has 0 aliphatic rings. The van der Waals surface area contributed by atoms with Gasteiger partial charge in [-0.3, -0.25) is 0 Å². The van der Waals surface area contributed by atoms with Gasteiger partial charge in [0.25, 0.3) is 0 Å². The van der Waals surface area contributed by atoms with E-state index in [1.54, 1.807) is 0 Å². The van der Waals surface area contributed by atoms with Crippen LogP contribution in [0.4, 0.5) is 4.39 Å². The third-order valence-corrected chi connectivity index (χ3v) is 2.17. The van der Waals surface area contributed by atoms with Crippen LogP contribution in [0.5, 0.6) is 5.75 Å². The number of aromatic hydroxyl groups is 1. The third kappa shape index (κ3) is 1.24. The van der Waals surface area contributed by atoms with Gasteiger partial charge in [-0.2, -0.15) is 4.39 Å². The molecule has 78 valence electrons. The highest BCUT2D eigenvalue weighted by molar-refractivity contribution is 6.03. The molecule has 2 N–H and O–H groups in total. The van der Waals surface area contributed by atoms with Crippen LogP contribution in [0.1, 0.15) is 16.1 Å². The normalized spacial score (nSPS) is 10.8. The van der Waals surface area contributed by atoms with Gasteiger partial charge in [0.15, 0.2) is 11.3 Å². The molecule has 5 heteroatoms. The van der Waals surface area contributed by atoms with Crippen molar-refractivity contribution in [1.82, 2.24) is 0 Å². The van der Waals surface area contributed by atoms with Crippen LogP contribution in [0.25, 0.3) is 11.0 Å². The maximum atomic E-state index is 13.3. The standard InChI is InChI=1S/C10H7FO4/c1-4-7(10(13)14)5-2-3-6(12)8(11)9(5)15-4/h2-3,12H,1H3,(H,13,14). The number of aryl methyl sites for hydroxylation is 1. The van der Waals surface area contributed by atoms with Gasteiger partial charge in [0.1, 0.15) is 11.3 Å². The summed E-state index contributed by atoms with van der Waals surface area (Å²) >= 11 is 0. The van der Waals surface area contributed by atoms with Crippen molar-refractivity contribution in [1.29, 1.82) is 0 Å². The number of hydrogen-bond donors (Lipinski definition) is 2. The van der Waals surface area contributed by atoms with E-state index in [-0.39, 0.29) is 22.3 Å². The highest BCUT2D eigenvalue weighted by Gasteiger charge is 2.20. The van der Waals surface area contributed by atoms with Crippen molar-refractivity contribution in [2.75, 3.05) is 0 Å². The summed E-state index contributed by atoms with van der Waals surface area (Å²) in [5.74, 6) is -2.57. The Bertz CT molecular complexity index is 556. The lowest BCUT2D eigenvalue weighted by Gasteiger charge is -1.94. The first-order valence-corrected chi connectivity index (χ1v) is 4.16. The Morgan fingerprint density at radius 1 is 1.47 bits per heavy atom. The monoisotopic (exact) mass is 210 g/mol. The van der Waals surface area contributed by atoms with Crippen molar-refractivity contribution in [2.24, 2.45) is 0 Å². The molecule has 0 aliphatic heterocycles. The predicted molar refractivity (Wildman–Crippen MR) is 49.5 cm³/mol. The molecule has 0 atom stereocenters. The Hall–Kier alpha value is -2.04.